The number of aromatic nitrogens is 24. The summed E-state index contributed by atoms with van der Waals surface area (Å²) in [5, 5.41) is 89.2. The van der Waals surface area contributed by atoms with Gasteiger partial charge < -0.3 is 105 Å². The van der Waals surface area contributed by atoms with Gasteiger partial charge >= 0.3 is 0 Å². The molecule has 0 bridgehead atoms. The van der Waals surface area contributed by atoms with Crippen LogP contribution in [0.25, 0.3) is 67.0 Å². The topological polar surface area (TPSA) is 632 Å². The highest BCUT2D eigenvalue weighted by molar-refractivity contribution is 9.09. The van der Waals surface area contributed by atoms with Crippen molar-refractivity contribution in [3.05, 3.63) is 123 Å². The molecule has 12 aromatic rings. The minimum atomic E-state index is -1.27. The lowest BCUT2D eigenvalue weighted by Gasteiger charge is -2.20. The monoisotopic (exact) mass is 2290 g/mol. The van der Waals surface area contributed by atoms with E-state index in [0.717, 1.165) is 56.2 Å². The zero-order valence-electron chi connectivity index (χ0n) is 88.5. The fourth-order valence-electron chi connectivity index (χ4n) is 18.2. The molecular weight excluding hydrogens is 2140 g/mol. The van der Waals surface area contributed by atoms with Crippen molar-refractivity contribution in [1.29, 1.82) is 0 Å². The summed E-state index contributed by atoms with van der Waals surface area (Å²) in [5.41, 5.74) is 1.85. The Morgan fingerprint density at radius 2 is 0.607 bits per heavy atom. The number of aliphatic hydroxyl groups is 8. The summed E-state index contributed by atoms with van der Waals surface area (Å²) < 4.78 is 51.4. The van der Waals surface area contributed by atoms with Crippen LogP contribution in [0.2, 0.25) is 0 Å². The molecular formula is C95H148BrClN26O21P6. The van der Waals surface area contributed by atoms with Crippen molar-refractivity contribution >= 4 is 186 Å². The standard InChI is InChI=1S/C17H28N5O4P.C16H26N5O4P.C16H25N4O4P.C16H25N4O3P.C15H22BrN4O3P.C15H22ClN4O3P/c1-5-7-18-17-20-14-11(15(25)21-17)19-9-22(14)16-13(24)12(23)10(26-16)6-8-27(2,3)4;1-5-17-16-19-13-10(14(24)20-16)18-8-21(13)15-12(23)11(22)9(25-15)6-7-26(2,3)4;1-9-18-14-11(15(22)19-9)17-8-20(14)16-13(23-2)12(21)10(24-16)6-7-25(3,4)5;1-9-13(21)11(6-7-24(3,4)5)23-16(9)20-8-17-12-14(20)18-10(2)19-15(12)22;2*1-8-18-13-11(14(22)19-8)17-7-20(13)15-10(16)12(21)9(23-15)5-6-24(2,3)4/h9-10,12-13,16,23-24H,2,5-8H2,1,3-4H3,(H2,18,20,21,25);8-9,11-12,15,22-23H,2,5-7H2,1,3-4H3,(H2,17,19,20,24);8,10,12-13,16,21H,3,6-7H2,1-2,4-5H3,(H,18,19,22);8-9,11,13,16,21H,3,6-7H2,1-2,4-5H3,(H,18,19,22);2*7,9-10,12,15,21H,2,5-6H2,1,3-4H3,(H,18,19,22)/t10?,12-,13-,16-;9?,11-,12-,15-;10?,12-,13-,16-;9-,11?,13+,16-;2*9?,10-,12-,15-/m111111/s1. The smallest absolute Gasteiger partial charge is 0.280 e. The summed E-state index contributed by atoms with van der Waals surface area (Å²) in [6.07, 6.45) is 31.0. The Morgan fingerprint density at radius 1 is 0.353 bits per heavy atom. The molecule has 0 spiro atoms. The normalized spacial score (nSPS) is 27.2. The van der Waals surface area contributed by atoms with Gasteiger partial charge in [0.05, 0.1) is 91.6 Å². The maximum Gasteiger partial charge on any atom is 0.280 e. The van der Waals surface area contributed by atoms with E-state index < -0.39 is 145 Å². The first-order chi connectivity index (χ1) is 70.1. The van der Waals surface area contributed by atoms with Crippen LogP contribution in [0.4, 0.5) is 11.9 Å². The Bertz CT molecular complexity index is 7130. The van der Waals surface area contributed by atoms with Crippen LogP contribution in [-0.4, -0.2) is 435 Å². The average molecular weight is 2290 g/mol. The van der Waals surface area contributed by atoms with E-state index in [1.165, 1.54) is 41.6 Å². The lowest BCUT2D eigenvalue weighted by atomic mass is 10.0. The van der Waals surface area contributed by atoms with Crippen molar-refractivity contribution in [2.24, 2.45) is 5.92 Å². The molecule has 0 radical (unpaired) electrons. The van der Waals surface area contributed by atoms with E-state index in [-0.39, 0.29) is 102 Å². The van der Waals surface area contributed by atoms with Crippen molar-refractivity contribution in [2.45, 2.75) is 233 Å². The van der Waals surface area contributed by atoms with Gasteiger partial charge in [0.15, 0.2) is 98.1 Å². The highest BCUT2D eigenvalue weighted by Gasteiger charge is 2.51. The van der Waals surface area contributed by atoms with E-state index in [2.05, 4.69) is 234 Å². The van der Waals surface area contributed by atoms with Crippen molar-refractivity contribution in [2.75, 3.05) is 148 Å². The maximum absolute atomic E-state index is 12.2. The van der Waals surface area contributed by atoms with Gasteiger partial charge in [0.2, 0.25) is 11.9 Å². The quantitative estimate of drug-likeness (QED) is 0.0179. The van der Waals surface area contributed by atoms with Gasteiger partial charge in [-0.1, -0.05) is 29.8 Å². The molecule has 18 heterocycles. The Balaban J connectivity index is 0.000000150. The molecule has 18 rings (SSSR count). The van der Waals surface area contributed by atoms with Gasteiger partial charge in [-0.05, 0) is 197 Å². The lowest BCUT2D eigenvalue weighted by Crippen LogP contribution is -2.33. The summed E-state index contributed by atoms with van der Waals surface area (Å²) in [4.78, 5) is 139. The number of halogens is 2. The van der Waals surface area contributed by atoms with Crippen LogP contribution in [-0.2, 0) is 33.2 Å². The number of nitrogens with one attached hydrogen (secondary N) is 8. The molecule has 150 heavy (non-hydrogen) atoms. The third kappa shape index (κ3) is 28.6. The number of alkyl halides is 2. The number of hydrogen-bond acceptors (Lipinski definition) is 35. The predicted molar refractivity (Wildman–Crippen MR) is 607 cm³/mol. The number of rotatable bonds is 30. The molecule has 6 unspecified atom stereocenters. The summed E-state index contributed by atoms with van der Waals surface area (Å²) in [7, 11) is 1.54. The highest BCUT2D eigenvalue weighted by atomic mass is 79.9. The van der Waals surface area contributed by atoms with Crippen molar-refractivity contribution in [3.8, 4) is 0 Å². The van der Waals surface area contributed by atoms with Crippen LogP contribution in [0.15, 0.2) is 66.7 Å². The summed E-state index contributed by atoms with van der Waals surface area (Å²) in [6, 6.07) is 0. The average Bonchev–Trinajstić information content (AvgIpc) is 1.64. The number of aromatic amines is 6. The number of fused-ring (bicyclic) bond motifs is 6. The lowest BCUT2D eigenvalue weighted by molar-refractivity contribution is -0.0496. The summed E-state index contributed by atoms with van der Waals surface area (Å²) >= 11 is 9.93. The van der Waals surface area contributed by atoms with Crippen LogP contribution in [0.1, 0.15) is 126 Å². The van der Waals surface area contributed by atoms with Crippen LogP contribution in [0.3, 0.4) is 0 Å². The molecule has 6 saturated heterocycles. The predicted octanol–water partition coefficient (Wildman–Crippen LogP) is 6.09. The summed E-state index contributed by atoms with van der Waals surface area (Å²) in [6.45, 7) is 32.4. The SMILES string of the molecule is C=P(C)(C)CCC1O[C@@H](n2cnc3c(=O)[nH]c(C)nc32)[C@H](Br)[C@@H]1O.C=P(C)(C)CCC1O[C@@H](n2cnc3c(=O)[nH]c(C)nc32)[C@H](C)[C@@H]1O.C=P(C)(C)CCC1O[C@@H](n2cnc3c(=O)[nH]c(C)nc32)[C@H](Cl)[C@@H]1O.C=P(C)(C)CCC1O[C@@H](n2cnc3c(=O)[nH]c(C)nc32)[C@H](OC)[C@@H]1O.C=P(C)(C)CCC1O[C@@H](n2cnc3c(=O)[nH]c(NCC)nc32)[C@H](O)[C@@H]1O.C=P(C)(C)CCC1O[C@@H](n2cnc3c(=O)[nH]c(NCCC)nc32)[C@H](O)[C@@H]1O. The number of H-pyrrole nitrogens is 6. The number of ether oxygens (including phenoxy) is 7. The molecule has 0 saturated carbocycles. The third-order valence-electron chi connectivity index (χ3n) is 26.2. The van der Waals surface area contributed by atoms with E-state index >= 15 is 0 Å². The second-order valence-corrected chi connectivity index (χ2v) is 70.8. The van der Waals surface area contributed by atoms with Crippen LogP contribution < -0.4 is 44.0 Å². The van der Waals surface area contributed by atoms with E-state index in [1.54, 1.807) is 58.6 Å². The molecule has 12 aromatic heterocycles. The van der Waals surface area contributed by atoms with Crippen LogP contribution in [0.5, 0.6) is 0 Å². The number of methoxy groups -OCH3 is 1. The molecule has 0 aromatic carbocycles. The van der Waals surface area contributed by atoms with Crippen molar-refractivity contribution in [3.63, 3.8) is 0 Å². The molecule has 16 N–H and O–H groups in total. The Kier molecular flexibility index (Phi) is 38.4. The fraction of sp³-hybridized carbons (Fsp3) is 0.621. The molecule has 6 aliphatic rings. The van der Waals surface area contributed by atoms with Gasteiger partial charge in [0.25, 0.3) is 33.4 Å². The Hall–Kier alpha value is -8.33. The molecule has 0 aliphatic carbocycles. The first-order valence-electron chi connectivity index (χ1n) is 49.5. The van der Waals surface area contributed by atoms with E-state index in [9.17, 15) is 69.6 Å². The van der Waals surface area contributed by atoms with Gasteiger partial charge in [-0.2, -0.15) is 9.97 Å². The molecule has 47 nitrogen and oxygen atoms in total. The molecule has 55 heteroatoms. The minimum Gasteiger partial charge on any atom is -0.390 e. The molecule has 6 fully saturated rings. The molecule has 0 amide bonds. The first-order valence-corrected chi connectivity index (χ1v) is 69.2. The maximum atomic E-state index is 12.2. The largest absolute Gasteiger partial charge is 0.390 e. The zero-order chi connectivity index (χ0) is 110. The third-order valence-corrected chi connectivity index (χ3v) is 36.5. The number of aliphatic hydroxyl groups excluding tert-OH is 8. The zero-order valence-corrected chi connectivity index (χ0v) is 96.3. The molecule has 828 valence electrons. The van der Waals surface area contributed by atoms with E-state index in [1.807, 2.05) is 20.8 Å². The van der Waals surface area contributed by atoms with Crippen LogP contribution in [0, 0.1) is 33.6 Å². The van der Waals surface area contributed by atoms with E-state index in [4.69, 9.17) is 44.8 Å². The highest BCUT2D eigenvalue weighted by Crippen LogP contribution is 2.48. The molecule has 6 aliphatic heterocycles. The fourth-order valence-corrected chi connectivity index (χ4v) is 24.9. The van der Waals surface area contributed by atoms with Gasteiger partial charge in [0, 0.05) is 26.1 Å². The van der Waals surface area contributed by atoms with Crippen molar-refractivity contribution < 1.29 is 74.0 Å². The molecule has 24 atom stereocenters. The van der Waals surface area contributed by atoms with Gasteiger partial charge in [-0.25, -0.2) is 49.8 Å². The number of aryl methyl sites for hydroxylation is 4. The van der Waals surface area contributed by atoms with Crippen LogP contribution >= 0.6 is 68.8 Å². The Labute approximate surface area is 880 Å². The van der Waals surface area contributed by atoms with Gasteiger partial charge in [-0.15, -0.1) is 90.7 Å². The summed E-state index contributed by atoms with van der Waals surface area (Å²) in [5.74, 6) is 2.56. The number of nitrogens with zero attached hydrogens (tertiary/aromatic N) is 18. The van der Waals surface area contributed by atoms with Crippen molar-refractivity contribution in [1.82, 2.24) is 117 Å². The number of hydrogen-bond donors (Lipinski definition) is 16. The minimum absolute atomic E-state index is 0.111. The number of anilines is 2. The van der Waals surface area contributed by atoms with Gasteiger partial charge in [-0.3, -0.25) is 66.1 Å². The van der Waals surface area contributed by atoms with Gasteiger partial charge in [0.1, 0.15) is 77.6 Å². The number of imidazole rings is 6. The Morgan fingerprint density at radius 3 is 0.933 bits per heavy atom. The second-order valence-electron chi connectivity index (χ2n) is 43.3. The van der Waals surface area contributed by atoms with E-state index in [0.29, 0.717) is 113 Å². The first kappa shape index (κ1) is 119. The second kappa shape index (κ2) is 48.6.